The molecule has 0 saturated heterocycles. The van der Waals surface area contributed by atoms with Gasteiger partial charge in [-0.25, -0.2) is 0 Å². The van der Waals surface area contributed by atoms with Crippen molar-refractivity contribution in [1.29, 1.82) is 0 Å². The third kappa shape index (κ3) is 6.60. The third-order valence-electron chi connectivity index (χ3n) is 4.30. The molecule has 0 aromatic heterocycles. The third-order valence-corrected chi connectivity index (χ3v) is 4.30. The van der Waals surface area contributed by atoms with Gasteiger partial charge in [0.25, 0.3) is 0 Å². The van der Waals surface area contributed by atoms with E-state index in [4.69, 9.17) is 5.73 Å². The predicted molar refractivity (Wildman–Crippen MR) is 92.2 cm³/mol. The van der Waals surface area contributed by atoms with Crippen molar-refractivity contribution in [3.05, 3.63) is 35.4 Å². The monoisotopic (exact) mass is 291 g/mol. The Hall–Kier alpha value is -0.900. The van der Waals surface area contributed by atoms with Crippen LogP contribution < -0.4 is 11.1 Å². The smallest absolute Gasteiger partial charge is 0.0233 e. The van der Waals surface area contributed by atoms with Crippen molar-refractivity contribution in [2.24, 2.45) is 17.6 Å². The minimum absolute atomic E-state index is 0.562. The van der Waals surface area contributed by atoms with E-state index in [1.165, 1.54) is 11.1 Å². The van der Waals surface area contributed by atoms with Crippen LogP contribution in [0.3, 0.4) is 0 Å². The summed E-state index contributed by atoms with van der Waals surface area (Å²) >= 11 is 0. The first kappa shape index (κ1) is 18.1. The Morgan fingerprint density at radius 3 is 2.10 bits per heavy atom. The van der Waals surface area contributed by atoms with Crippen molar-refractivity contribution in [1.82, 2.24) is 10.2 Å². The van der Waals surface area contributed by atoms with Gasteiger partial charge in [0.15, 0.2) is 0 Å². The molecule has 21 heavy (non-hydrogen) atoms. The molecule has 0 spiro atoms. The van der Waals surface area contributed by atoms with Gasteiger partial charge in [-0.2, -0.15) is 0 Å². The van der Waals surface area contributed by atoms with Crippen LogP contribution in [0.1, 0.15) is 38.8 Å². The summed E-state index contributed by atoms with van der Waals surface area (Å²) in [6, 6.07) is 8.97. The fraction of sp³-hybridized carbons (Fsp3) is 0.667. The molecule has 120 valence electrons. The Bertz CT molecular complexity index is 369. The fourth-order valence-electron chi connectivity index (χ4n) is 2.46. The van der Waals surface area contributed by atoms with E-state index >= 15 is 0 Å². The number of rotatable bonds is 10. The summed E-state index contributed by atoms with van der Waals surface area (Å²) in [5.74, 6) is 1.20. The largest absolute Gasteiger partial charge is 0.330 e. The summed E-state index contributed by atoms with van der Waals surface area (Å²) in [6.07, 6.45) is 0. The van der Waals surface area contributed by atoms with E-state index in [2.05, 4.69) is 62.2 Å². The highest BCUT2D eigenvalue weighted by Gasteiger charge is 2.10. The van der Waals surface area contributed by atoms with Crippen LogP contribution in [-0.2, 0) is 13.1 Å². The Balaban J connectivity index is 2.40. The number of hydrogen-bond acceptors (Lipinski definition) is 3. The lowest BCUT2D eigenvalue weighted by Crippen LogP contribution is -2.31. The lowest BCUT2D eigenvalue weighted by Gasteiger charge is -2.20. The van der Waals surface area contributed by atoms with E-state index < -0.39 is 0 Å². The molecule has 3 N–H and O–H groups in total. The maximum absolute atomic E-state index is 5.80. The Morgan fingerprint density at radius 2 is 1.62 bits per heavy atom. The molecular weight excluding hydrogens is 258 g/mol. The minimum atomic E-state index is 0.562. The Kier molecular flexibility index (Phi) is 8.58. The standard InChI is InChI=1S/C18H33N3/c1-5-21(6-2)14-17-9-7-16(8-10-17)12-20-13-18(11-19)15(3)4/h7-10,15,18,20H,5-6,11-14,19H2,1-4H3. The van der Waals surface area contributed by atoms with Crippen molar-refractivity contribution in [2.45, 2.75) is 40.8 Å². The average Bonchev–Trinajstić information content (AvgIpc) is 2.50. The second kappa shape index (κ2) is 9.93. The molecule has 1 rings (SSSR count). The van der Waals surface area contributed by atoms with Gasteiger partial charge in [-0.05, 0) is 49.1 Å². The first-order chi connectivity index (χ1) is 10.1. The summed E-state index contributed by atoms with van der Waals surface area (Å²) in [4.78, 5) is 2.43. The van der Waals surface area contributed by atoms with Crippen LogP contribution in [0.25, 0.3) is 0 Å². The summed E-state index contributed by atoms with van der Waals surface area (Å²) in [5, 5.41) is 3.53. The first-order valence-corrected chi connectivity index (χ1v) is 8.31. The molecule has 1 aromatic carbocycles. The van der Waals surface area contributed by atoms with E-state index in [1.807, 2.05) is 0 Å². The van der Waals surface area contributed by atoms with E-state index in [0.717, 1.165) is 39.3 Å². The zero-order valence-electron chi connectivity index (χ0n) is 14.2. The van der Waals surface area contributed by atoms with Crippen LogP contribution in [-0.4, -0.2) is 31.1 Å². The first-order valence-electron chi connectivity index (χ1n) is 8.31. The molecule has 0 aliphatic rings. The molecule has 0 fully saturated rings. The van der Waals surface area contributed by atoms with Crippen molar-refractivity contribution in [2.75, 3.05) is 26.2 Å². The van der Waals surface area contributed by atoms with Crippen LogP contribution >= 0.6 is 0 Å². The second-order valence-corrected chi connectivity index (χ2v) is 6.15. The lowest BCUT2D eigenvalue weighted by molar-refractivity contribution is 0.296. The van der Waals surface area contributed by atoms with Gasteiger partial charge in [-0.1, -0.05) is 52.0 Å². The zero-order chi connectivity index (χ0) is 15.7. The average molecular weight is 291 g/mol. The maximum Gasteiger partial charge on any atom is 0.0233 e. The van der Waals surface area contributed by atoms with E-state index in [-0.39, 0.29) is 0 Å². The molecule has 3 nitrogen and oxygen atoms in total. The molecular formula is C18H33N3. The van der Waals surface area contributed by atoms with Crippen LogP contribution in [0.4, 0.5) is 0 Å². The van der Waals surface area contributed by atoms with Gasteiger partial charge in [-0.15, -0.1) is 0 Å². The molecule has 0 radical (unpaired) electrons. The maximum atomic E-state index is 5.80. The Labute approximate surface area is 130 Å². The molecule has 1 unspecified atom stereocenters. The molecule has 0 amide bonds. The van der Waals surface area contributed by atoms with E-state index in [9.17, 15) is 0 Å². The molecule has 0 saturated carbocycles. The van der Waals surface area contributed by atoms with Gasteiger partial charge >= 0.3 is 0 Å². The second-order valence-electron chi connectivity index (χ2n) is 6.15. The molecule has 0 bridgehead atoms. The van der Waals surface area contributed by atoms with Gasteiger partial charge < -0.3 is 11.1 Å². The van der Waals surface area contributed by atoms with Gasteiger partial charge in [0.1, 0.15) is 0 Å². The molecule has 1 atom stereocenters. The van der Waals surface area contributed by atoms with Crippen LogP contribution in [0, 0.1) is 11.8 Å². The predicted octanol–water partition coefficient (Wildman–Crippen LogP) is 2.85. The summed E-state index contributed by atoms with van der Waals surface area (Å²) in [5.41, 5.74) is 8.54. The SMILES string of the molecule is CCN(CC)Cc1ccc(CNCC(CN)C(C)C)cc1. The quantitative estimate of drug-likeness (QED) is 0.696. The zero-order valence-corrected chi connectivity index (χ0v) is 14.2. The van der Waals surface area contributed by atoms with Crippen molar-refractivity contribution in [3.8, 4) is 0 Å². The highest BCUT2D eigenvalue weighted by atomic mass is 15.1. The molecule has 0 heterocycles. The van der Waals surface area contributed by atoms with Crippen molar-refractivity contribution >= 4 is 0 Å². The van der Waals surface area contributed by atoms with Gasteiger partial charge in [-0.3, -0.25) is 4.90 Å². The number of nitrogens with two attached hydrogens (primary N) is 1. The van der Waals surface area contributed by atoms with Crippen molar-refractivity contribution < 1.29 is 0 Å². The number of nitrogens with one attached hydrogen (secondary N) is 1. The molecule has 1 aromatic rings. The highest BCUT2D eigenvalue weighted by molar-refractivity contribution is 5.22. The number of hydrogen-bond donors (Lipinski definition) is 2. The van der Waals surface area contributed by atoms with E-state index in [0.29, 0.717) is 11.8 Å². The molecule has 0 aliphatic heterocycles. The Morgan fingerprint density at radius 1 is 1.05 bits per heavy atom. The van der Waals surface area contributed by atoms with E-state index in [1.54, 1.807) is 0 Å². The normalized spacial score (nSPS) is 13.1. The number of benzene rings is 1. The number of nitrogens with zero attached hydrogens (tertiary/aromatic N) is 1. The fourth-order valence-corrected chi connectivity index (χ4v) is 2.46. The van der Waals surface area contributed by atoms with Crippen LogP contribution in [0.5, 0.6) is 0 Å². The minimum Gasteiger partial charge on any atom is -0.330 e. The summed E-state index contributed by atoms with van der Waals surface area (Å²) in [7, 11) is 0. The van der Waals surface area contributed by atoms with Gasteiger partial charge in [0.05, 0.1) is 0 Å². The lowest BCUT2D eigenvalue weighted by atomic mass is 9.96. The van der Waals surface area contributed by atoms with Crippen LogP contribution in [0.15, 0.2) is 24.3 Å². The topological polar surface area (TPSA) is 41.3 Å². The highest BCUT2D eigenvalue weighted by Crippen LogP contribution is 2.10. The summed E-state index contributed by atoms with van der Waals surface area (Å²) in [6.45, 7) is 14.8. The molecule has 0 aliphatic carbocycles. The van der Waals surface area contributed by atoms with Gasteiger partial charge in [0, 0.05) is 13.1 Å². The van der Waals surface area contributed by atoms with Crippen LogP contribution in [0.2, 0.25) is 0 Å². The van der Waals surface area contributed by atoms with Gasteiger partial charge in [0.2, 0.25) is 0 Å². The molecule has 3 heteroatoms. The summed E-state index contributed by atoms with van der Waals surface area (Å²) < 4.78 is 0. The van der Waals surface area contributed by atoms with Crippen molar-refractivity contribution in [3.63, 3.8) is 0 Å².